The summed E-state index contributed by atoms with van der Waals surface area (Å²) < 4.78 is 1.55. The highest BCUT2D eigenvalue weighted by molar-refractivity contribution is 6.35. The summed E-state index contributed by atoms with van der Waals surface area (Å²) in [5.41, 5.74) is 0.566. The van der Waals surface area contributed by atoms with E-state index >= 15 is 0 Å². The largest absolute Gasteiger partial charge is 0.348 e. The maximum absolute atomic E-state index is 5.78. The number of nitrogens with one attached hydrogen (secondary N) is 1. The molecule has 0 aliphatic heterocycles. The van der Waals surface area contributed by atoms with Crippen LogP contribution in [0.2, 0.25) is 10.0 Å². The first-order valence-electron chi connectivity index (χ1n) is 2.85. The van der Waals surface area contributed by atoms with Crippen LogP contribution in [0.5, 0.6) is 0 Å². The number of aromatic amines is 1. The van der Waals surface area contributed by atoms with E-state index in [9.17, 15) is 0 Å². The summed E-state index contributed by atoms with van der Waals surface area (Å²) in [7, 11) is 0. The molecule has 2 aromatic rings. The van der Waals surface area contributed by atoms with Gasteiger partial charge in [-0.1, -0.05) is 28.4 Å². The lowest BCUT2D eigenvalue weighted by atomic mass is 10.5. The topological polar surface area (TPSA) is 45.7 Å². The highest BCUT2D eigenvalue weighted by Gasteiger charge is 2.10. The lowest BCUT2D eigenvalue weighted by molar-refractivity contribution is -0.582. The average molecular weight is 190 g/mol. The number of tetrazole rings is 1. The molecule has 0 aromatic carbocycles. The summed E-state index contributed by atoms with van der Waals surface area (Å²) in [6, 6.07) is 1.61. The Labute approximate surface area is 71.7 Å². The second-order valence-corrected chi connectivity index (χ2v) is 2.84. The fourth-order valence-corrected chi connectivity index (χ4v) is 1.32. The van der Waals surface area contributed by atoms with Gasteiger partial charge in [-0.25, -0.2) is 0 Å². The SMILES string of the molecule is Clc1cc(Cl)c2nn[nH][n+]2c1. The van der Waals surface area contributed by atoms with Crippen molar-refractivity contribution in [2.75, 3.05) is 0 Å². The fourth-order valence-electron chi connectivity index (χ4n) is 0.812. The van der Waals surface area contributed by atoms with Gasteiger partial charge in [-0.3, -0.25) is 0 Å². The number of H-pyrrole nitrogens is 1. The van der Waals surface area contributed by atoms with Gasteiger partial charge in [-0.15, -0.1) is 4.52 Å². The number of rotatable bonds is 0. The van der Waals surface area contributed by atoms with Crippen LogP contribution in [-0.2, 0) is 0 Å². The highest BCUT2D eigenvalue weighted by atomic mass is 35.5. The smallest absolute Gasteiger partial charge is 0.128 e. The van der Waals surface area contributed by atoms with Crippen molar-refractivity contribution in [2.24, 2.45) is 0 Å². The number of nitrogens with zero attached hydrogens (tertiary/aromatic N) is 3. The van der Waals surface area contributed by atoms with Crippen molar-refractivity contribution in [1.82, 2.24) is 15.5 Å². The molecule has 0 spiro atoms. The maximum atomic E-state index is 5.78. The third kappa shape index (κ3) is 1.04. The van der Waals surface area contributed by atoms with Crippen molar-refractivity contribution in [3.05, 3.63) is 22.3 Å². The monoisotopic (exact) mass is 189 g/mol. The van der Waals surface area contributed by atoms with E-state index in [4.69, 9.17) is 23.2 Å². The quantitative estimate of drug-likeness (QED) is 0.626. The molecule has 56 valence electrons. The van der Waals surface area contributed by atoms with Crippen molar-refractivity contribution in [2.45, 2.75) is 0 Å². The van der Waals surface area contributed by atoms with E-state index in [1.54, 1.807) is 16.8 Å². The van der Waals surface area contributed by atoms with Crippen LogP contribution in [-0.4, -0.2) is 15.5 Å². The van der Waals surface area contributed by atoms with Crippen molar-refractivity contribution < 1.29 is 4.52 Å². The number of hydrogen-bond donors (Lipinski definition) is 1. The molecule has 0 amide bonds. The molecular weight excluding hydrogens is 187 g/mol. The molecule has 0 atom stereocenters. The predicted molar refractivity (Wildman–Crippen MR) is 39.6 cm³/mol. The zero-order valence-electron chi connectivity index (χ0n) is 5.25. The fraction of sp³-hybridized carbons (Fsp3) is 0. The Bertz CT molecular complexity index is 396. The van der Waals surface area contributed by atoms with Crippen LogP contribution in [0.4, 0.5) is 0 Å². The minimum atomic E-state index is 0.478. The van der Waals surface area contributed by atoms with Gasteiger partial charge in [0.25, 0.3) is 0 Å². The normalized spacial score (nSPS) is 10.7. The molecule has 0 unspecified atom stereocenters. The zero-order valence-corrected chi connectivity index (χ0v) is 6.76. The van der Waals surface area contributed by atoms with E-state index in [-0.39, 0.29) is 0 Å². The van der Waals surface area contributed by atoms with Crippen LogP contribution in [0.15, 0.2) is 12.3 Å². The van der Waals surface area contributed by atoms with Gasteiger partial charge in [0.15, 0.2) is 5.21 Å². The summed E-state index contributed by atoms with van der Waals surface area (Å²) >= 11 is 11.5. The summed E-state index contributed by atoms with van der Waals surface area (Å²) in [6.45, 7) is 0. The van der Waals surface area contributed by atoms with Gasteiger partial charge in [0.1, 0.15) is 16.3 Å². The zero-order chi connectivity index (χ0) is 7.84. The Morgan fingerprint density at radius 1 is 1.45 bits per heavy atom. The summed E-state index contributed by atoms with van der Waals surface area (Å²) in [5, 5.41) is 10.9. The summed E-state index contributed by atoms with van der Waals surface area (Å²) in [6.07, 6.45) is 1.64. The third-order valence-corrected chi connectivity index (χ3v) is 1.74. The van der Waals surface area contributed by atoms with E-state index in [1.807, 2.05) is 0 Å². The minimum Gasteiger partial charge on any atom is -0.128 e. The van der Waals surface area contributed by atoms with Crippen LogP contribution in [0.1, 0.15) is 0 Å². The lowest BCUT2D eigenvalue weighted by Crippen LogP contribution is -2.22. The molecular formula is C5H3Cl2N4+. The molecule has 2 aromatic heterocycles. The average Bonchev–Trinajstić information content (AvgIpc) is 2.34. The van der Waals surface area contributed by atoms with Crippen molar-refractivity contribution in [1.29, 1.82) is 0 Å². The van der Waals surface area contributed by atoms with E-state index in [0.29, 0.717) is 15.7 Å². The Morgan fingerprint density at radius 3 is 3.09 bits per heavy atom. The van der Waals surface area contributed by atoms with Gasteiger partial charge in [0, 0.05) is 0 Å². The molecule has 11 heavy (non-hydrogen) atoms. The molecule has 6 heteroatoms. The van der Waals surface area contributed by atoms with Gasteiger partial charge in [-0.05, 0) is 6.07 Å². The Morgan fingerprint density at radius 2 is 2.27 bits per heavy atom. The third-order valence-electron chi connectivity index (χ3n) is 1.26. The molecule has 0 saturated carbocycles. The van der Waals surface area contributed by atoms with Gasteiger partial charge < -0.3 is 0 Å². The van der Waals surface area contributed by atoms with Gasteiger partial charge in [-0.2, -0.15) is 0 Å². The number of hydrogen-bond acceptors (Lipinski definition) is 2. The molecule has 2 rings (SSSR count). The lowest BCUT2D eigenvalue weighted by Gasteiger charge is -1.87. The second kappa shape index (κ2) is 2.32. The first kappa shape index (κ1) is 6.82. The molecule has 0 aliphatic rings. The number of pyridine rings is 1. The molecule has 2 heterocycles. The summed E-state index contributed by atoms with van der Waals surface area (Å²) in [5.74, 6) is 0. The molecule has 0 bridgehead atoms. The molecule has 0 fully saturated rings. The van der Waals surface area contributed by atoms with E-state index in [1.165, 1.54) is 0 Å². The van der Waals surface area contributed by atoms with E-state index in [0.717, 1.165) is 0 Å². The minimum absolute atomic E-state index is 0.478. The Balaban J connectivity index is 2.91. The van der Waals surface area contributed by atoms with Gasteiger partial charge in [0.2, 0.25) is 0 Å². The van der Waals surface area contributed by atoms with Crippen molar-refractivity contribution >= 4 is 28.8 Å². The first-order chi connectivity index (χ1) is 5.27. The Kier molecular flexibility index (Phi) is 1.44. The molecule has 0 saturated heterocycles. The number of fused-ring (bicyclic) bond motifs is 1. The maximum Gasteiger partial charge on any atom is 0.348 e. The van der Waals surface area contributed by atoms with E-state index < -0.39 is 0 Å². The number of halogens is 2. The van der Waals surface area contributed by atoms with E-state index in [2.05, 4.69) is 15.5 Å². The van der Waals surface area contributed by atoms with Crippen LogP contribution < -0.4 is 4.52 Å². The second-order valence-electron chi connectivity index (χ2n) is 2.00. The predicted octanol–water partition coefficient (Wildman–Crippen LogP) is 0.850. The van der Waals surface area contributed by atoms with Gasteiger partial charge in [0.05, 0.1) is 5.02 Å². The van der Waals surface area contributed by atoms with Crippen LogP contribution in [0.25, 0.3) is 5.65 Å². The van der Waals surface area contributed by atoms with Crippen LogP contribution in [0, 0.1) is 0 Å². The van der Waals surface area contributed by atoms with Crippen LogP contribution in [0.3, 0.4) is 0 Å². The van der Waals surface area contributed by atoms with Crippen molar-refractivity contribution in [3.8, 4) is 0 Å². The molecule has 4 nitrogen and oxygen atoms in total. The summed E-state index contributed by atoms with van der Waals surface area (Å²) in [4.78, 5) is 0. The molecule has 0 radical (unpaired) electrons. The first-order valence-corrected chi connectivity index (χ1v) is 3.60. The molecule has 0 aliphatic carbocycles. The standard InChI is InChI=1S/C5H2Cl2N4/c6-3-1-4(7)5-8-9-10-11(5)2-3/h1-2H/p+1. The molecule has 1 N–H and O–H groups in total. The van der Waals surface area contributed by atoms with Crippen molar-refractivity contribution in [3.63, 3.8) is 0 Å². The van der Waals surface area contributed by atoms with Crippen LogP contribution >= 0.6 is 23.2 Å². The Hall–Kier alpha value is -0.870. The van der Waals surface area contributed by atoms with Gasteiger partial charge >= 0.3 is 5.65 Å². The highest BCUT2D eigenvalue weighted by Crippen LogP contribution is 2.15. The number of aromatic nitrogens is 4.